The van der Waals surface area contributed by atoms with Gasteiger partial charge >= 0.3 is 33.6 Å². The topological polar surface area (TPSA) is 231 Å². The lowest BCUT2D eigenvalue weighted by Gasteiger charge is -2.21. The Morgan fingerprint density at radius 2 is 0.515 bits per heavy atom. The molecule has 18 heteroatoms. The van der Waals surface area contributed by atoms with Crippen molar-refractivity contribution in [2.24, 2.45) is 0 Å². The van der Waals surface area contributed by atoms with Crippen LogP contribution < -0.4 is 0 Å². The van der Waals surface area contributed by atoms with Crippen LogP contribution >= 0.6 is 15.6 Å². The molecule has 0 heterocycles. The molecule has 0 aliphatic rings. The molecule has 0 bridgehead atoms. The Bertz CT molecular complexity index is 2550. The Kier molecular flexibility index (Phi) is 72.8. The van der Waals surface area contributed by atoms with Gasteiger partial charge < -0.3 is 34.2 Å². The van der Waals surface area contributed by atoms with E-state index in [-0.39, 0.29) is 19.3 Å². The minimum atomic E-state index is -4.95. The zero-order valence-corrected chi connectivity index (χ0v) is 65.7. The van der Waals surface area contributed by atoms with Gasteiger partial charge in [0.05, 0.1) is 26.4 Å². The van der Waals surface area contributed by atoms with Gasteiger partial charge in [-0.2, -0.15) is 0 Å². The third-order valence-electron chi connectivity index (χ3n) is 15.9. The fourth-order valence-corrected chi connectivity index (χ4v) is 11.5. The number of hydrogen-bond donors (Lipinski definition) is 4. The van der Waals surface area contributed by atoms with Gasteiger partial charge in [0, 0.05) is 19.3 Å². The lowest BCUT2D eigenvalue weighted by atomic mass is 10.1. The summed E-state index contributed by atoms with van der Waals surface area (Å²) in [6, 6.07) is 0. The third-order valence-corrected chi connectivity index (χ3v) is 17.8. The van der Waals surface area contributed by atoms with E-state index in [0.717, 1.165) is 193 Å². The predicted molar refractivity (Wildman–Crippen MR) is 426 cm³/mol. The SMILES string of the molecule is CC/C=C\C/C=C\C/C=C\C/C=C\C/C=C\C/C=C\CCCCCCCCCCC(=O)OCC(O)COP(=O)(O)OCC(O)COP(=O)(O)OCC(COC(=O)CCCCCCCC/C=C\C/C=C\C/C=C\C/C=C\C/C=C\C/C=C\CC)OC(=O)CCCCCCC/C=C\C/C=C\CCCCC. The van der Waals surface area contributed by atoms with Crippen molar-refractivity contribution in [1.29, 1.82) is 0 Å². The number of phosphoric acid groups is 2. The summed E-state index contributed by atoms with van der Waals surface area (Å²) in [6.45, 7) is 2.37. The molecular weight excluding hydrogens is 1340 g/mol. The van der Waals surface area contributed by atoms with Crippen LogP contribution in [0.1, 0.15) is 290 Å². The van der Waals surface area contributed by atoms with E-state index in [0.29, 0.717) is 19.3 Å². The number of unbranched alkanes of at least 4 members (excludes halogenated alkanes) is 22. The van der Waals surface area contributed by atoms with Gasteiger partial charge in [-0.25, -0.2) is 9.13 Å². The first-order chi connectivity index (χ1) is 50.2. The van der Waals surface area contributed by atoms with E-state index in [1.54, 1.807) is 0 Å². The van der Waals surface area contributed by atoms with Crippen LogP contribution in [0.3, 0.4) is 0 Å². The number of ether oxygens (including phenoxy) is 3. The Morgan fingerprint density at radius 3 is 0.816 bits per heavy atom. The average Bonchev–Trinajstić information content (AvgIpc) is 0.922. The summed E-state index contributed by atoms with van der Waals surface area (Å²) in [7, 11) is -9.81. The summed E-state index contributed by atoms with van der Waals surface area (Å²) >= 11 is 0. The number of aliphatic hydroxyl groups is 2. The first-order valence-electron chi connectivity index (χ1n) is 39.4. The minimum Gasteiger partial charge on any atom is -0.463 e. The largest absolute Gasteiger partial charge is 0.472 e. The van der Waals surface area contributed by atoms with Gasteiger partial charge in [0.25, 0.3) is 0 Å². The standard InChI is InChI=1S/C85H140O16P2/c1-4-7-10-13-16-19-22-25-28-30-32-34-36-38-39-41-43-44-46-48-51-53-56-59-62-65-68-71-83(88)95-74-80(86)75-97-102(91,92)98-76-81(87)77-99-103(93,94)100-79-82(101-85(90)73-70-67-64-61-58-55-50-27-24-21-18-15-12-9-6-3)78-96-84(89)72-69-66-63-60-57-54-52-49-47-45-42-40-37-35-33-31-29-26-23-20-17-14-11-8-5-2/h7-8,10-11,16-21,25-29,32-35,38-40,42-44,47,49-50,80-82,86-87H,4-6,9,12-15,22-24,30-31,36-37,41,45-46,48,51-79H2,1-3H3,(H,91,92)(H,93,94)/b10-7-,11-8-,19-16-,20-17-,21-18-,28-25-,29-26-,34-32-,35-33-,39-38-,42-40-,44-43-,49-47-,50-27-. The zero-order valence-electron chi connectivity index (χ0n) is 63.9. The highest BCUT2D eigenvalue weighted by molar-refractivity contribution is 7.47. The number of hydrogen-bond acceptors (Lipinski definition) is 14. The second-order valence-corrected chi connectivity index (χ2v) is 28.7. The van der Waals surface area contributed by atoms with E-state index in [1.807, 2.05) is 0 Å². The van der Waals surface area contributed by atoms with E-state index in [1.165, 1.54) is 38.5 Å². The Labute approximate surface area is 624 Å². The van der Waals surface area contributed by atoms with Crippen molar-refractivity contribution < 1.29 is 75.8 Å². The van der Waals surface area contributed by atoms with Crippen LogP contribution in [-0.2, 0) is 55.8 Å². The first kappa shape index (κ1) is 97.9. The normalized spacial score (nSPS) is 14.9. The highest BCUT2D eigenvalue weighted by atomic mass is 31.2. The lowest BCUT2D eigenvalue weighted by Crippen LogP contribution is -2.30. The molecule has 0 radical (unpaired) electrons. The van der Waals surface area contributed by atoms with Crippen LogP contribution in [0.2, 0.25) is 0 Å². The van der Waals surface area contributed by atoms with E-state index < -0.39 is 91.5 Å². The molecule has 103 heavy (non-hydrogen) atoms. The number of carbonyl (C=O) groups is 3. The van der Waals surface area contributed by atoms with Gasteiger partial charge in [-0.15, -0.1) is 0 Å². The predicted octanol–water partition coefficient (Wildman–Crippen LogP) is 23.2. The van der Waals surface area contributed by atoms with Crippen molar-refractivity contribution in [2.45, 2.75) is 309 Å². The Hall–Kier alpha value is -5.09. The second-order valence-electron chi connectivity index (χ2n) is 25.7. The molecule has 0 aliphatic heterocycles. The maximum absolute atomic E-state index is 13.0. The van der Waals surface area contributed by atoms with E-state index in [2.05, 4.69) is 191 Å². The molecule has 0 saturated carbocycles. The molecule has 0 aromatic carbocycles. The molecule has 0 saturated heterocycles. The van der Waals surface area contributed by atoms with Gasteiger partial charge in [-0.05, 0) is 154 Å². The summed E-state index contributed by atoms with van der Waals surface area (Å²) in [6.07, 6.45) is 96.7. The Morgan fingerprint density at radius 1 is 0.282 bits per heavy atom. The van der Waals surface area contributed by atoms with Crippen LogP contribution in [0.5, 0.6) is 0 Å². The molecular formula is C85H140O16P2. The van der Waals surface area contributed by atoms with Crippen LogP contribution in [0.15, 0.2) is 170 Å². The molecule has 0 aromatic rings. The monoisotopic (exact) mass is 1480 g/mol. The maximum atomic E-state index is 13.0. The van der Waals surface area contributed by atoms with E-state index >= 15 is 0 Å². The maximum Gasteiger partial charge on any atom is 0.472 e. The van der Waals surface area contributed by atoms with Crippen LogP contribution in [0, 0.1) is 0 Å². The molecule has 5 unspecified atom stereocenters. The van der Waals surface area contributed by atoms with Gasteiger partial charge in [-0.1, -0.05) is 287 Å². The molecule has 0 aromatic heterocycles. The van der Waals surface area contributed by atoms with Gasteiger partial charge in [0.1, 0.15) is 25.4 Å². The van der Waals surface area contributed by atoms with Gasteiger partial charge in [0.2, 0.25) is 0 Å². The number of esters is 3. The molecule has 586 valence electrons. The number of allylic oxidation sites excluding steroid dienone is 28. The van der Waals surface area contributed by atoms with Crippen molar-refractivity contribution >= 4 is 33.6 Å². The molecule has 0 spiro atoms. The van der Waals surface area contributed by atoms with Crippen molar-refractivity contribution in [1.82, 2.24) is 0 Å². The molecule has 4 N–H and O–H groups in total. The molecule has 5 atom stereocenters. The van der Waals surface area contributed by atoms with Crippen molar-refractivity contribution in [3.63, 3.8) is 0 Å². The van der Waals surface area contributed by atoms with Crippen molar-refractivity contribution in [2.75, 3.05) is 39.6 Å². The number of phosphoric ester groups is 2. The number of rotatable bonds is 73. The lowest BCUT2D eigenvalue weighted by molar-refractivity contribution is -0.161. The summed E-state index contributed by atoms with van der Waals surface area (Å²) in [5, 5.41) is 20.6. The summed E-state index contributed by atoms with van der Waals surface area (Å²) in [5.74, 6) is -1.62. The van der Waals surface area contributed by atoms with E-state index in [9.17, 15) is 43.5 Å². The Balaban J connectivity index is 4.63. The third kappa shape index (κ3) is 77.8. The molecule has 0 aliphatic carbocycles. The second kappa shape index (κ2) is 76.6. The zero-order chi connectivity index (χ0) is 75.2. The quantitative estimate of drug-likeness (QED) is 0.0146. The molecule has 0 rings (SSSR count). The highest BCUT2D eigenvalue weighted by Crippen LogP contribution is 2.45. The van der Waals surface area contributed by atoms with Gasteiger partial charge in [0.15, 0.2) is 6.10 Å². The summed E-state index contributed by atoms with van der Waals surface area (Å²) < 4.78 is 61.1. The molecule has 16 nitrogen and oxygen atoms in total. The highest BCUT2D eigenvalue weighted by Gasteiger charge is 2.29. The van der Waals surface area contributed by atoms with Crippen molar-refractivity contribution in [3.8, 4) is 0 Å². The summed E-state index contributed by atoms with van der Waals surface area (Å²) in [5.41, 5.74) is 0. The minimum absolute atomic E-state index is 0.0794. The first-order valence-corrected chi connectivity index (χ1v) is 42.4. The number of aliphatic hydroxyl groups excluding tert-OH is 2. The van der Waals surface area contributed by atoms with Crippen LogP contribution in [0.25, 0.3) is 0 Å². The van der Waals surface area contributed by atoms with Gasteiger partial charge in [-0.3, -0.25) is 32.5 Å². The fourth-order valence-electron chi connectivity index (χ4n) is 9.96. The van der Waals surface area contributed by atoms with Crippen molar-refractivity contribution in [3.05, 3.63) is 170 Å². The molecule has 0 amide bonds. The van der Waals surface area contributed by atoms with Crippen LogP contribution in [-0.4, -0.2) is 95.9 Å². The van der Waals surface area contributed by atoms with Crippen LogP contribution in [0.4, 0.5) is 0 Å². The van der Waals surface area contributed by atoms with E-state index in [4.69, 9.17) is 32.3 Å². The smallest absolute Gasteiger partial charge is 0.463 e. The summed E-state index contributed by atoms with van der Waals surface area (Å²) in [4.78, 5) is 58.7. The number of carbonyl (C=O) groups excluding carboxylic acids is 3. The average molecular weight is 1480 g/mol. The molecule has 0 fully saturated rings. The fraction of sp³-hybridized carbons (Fsp3) is 0.635.